The molecule has 7 rings (SSSR count). The summed E-state index contributed by atoms with van der Waals surface area (Å²) in [5.41, 5.74) is 10.8. The van der Waals surface area contributed by atoms with Crippen molar-refractivity contribution in [3.05, 3.63) is 123 Å². The molecule has 0 saturated heterocycles. The maximum Gasteiger partial charge on any atom is 0.0406 e. The van der Waals surface area contributed by atoms with Crippen molar-refractivity contribution in [1.82, 2.24) is 0 Å². The summed E-state index contributed by atoms with van der Waals surface area (Å²) in [7, 11) is 0. The SMILES string of the molecule is CC12C(=C3Cc4ccccc4C3=C3C=CCCC31)C(C)(C(c1ccc(Cl)cc1)C1C=CC=C1)C(C)(C)C(C)(C)C2(C)C. The van der Waals surface area contributed by atoms with E-state index in [0.717, 1.165) is 17.9 Å². The van der Waals surface area contributed by atoms with Gasteiger partial charge in [0.1, 0.15) is 0 Å². The molecule has 0 aromatic heterocycles. The van der Waals surface area contributed by atoms with Crippen LogP contribution in [0.3, 0.4) is 0 Å². The topological polar surface area (TPSA) is 0 Å². The van der Waals surface area contributed by atoms with Gasteiger partial charge in [-0.15, -0.1) is 0 Å². The summed E-state index contributed by atoms with van der Waals surface area (Å²) in [5.74, 6) is 1.10. The first-order valence-electron chi connectivity index (χ1n) is 16.1. The van der Waals surface area contributed by atoms with E-state index in [1.807, 2.05) is 0 Å². The Hall–Kier alpha value is -2.57. The molecule has 4 unspecified atom stereocenters. The molecular formula is C41H47Cl. The Balaban J connectivity index is 1.65. The van der Waals surface area contributed by atoms with Gasteiger partial charge in [0, 0.05) is 27.7 Å². The first-order chi connectivity index (χ1) is 19.8. The van der Waals surface area contributed by atoms with Crippen molar-refractivity contribution in [2.75, 3.05) is 0 Å². The molecular weight excluding hydrogens is 528 g/mol. The smallest absolute Gasteiger partial charge is 0.0406 e. The van der Waals surface area contributed by atoms with E-state index in [1.54, 1.807) is 22.3 Å². The standard InChI is InChI=1S/C41H47Cl/c1-37(2)38(3,4)40(7)33-20-14-13-19-31(33)34-30-18-12-11-17-28(30)25-32(34)36(40)41(8,39(37,5)6)35(26-15-9-10-16-26)27-21-23-29(42)24-22-27/h9-13,15-19,21-24,26,33,35H,14,20,25H2,1-8H3. The zero-order valence-electron chi connectivity index (χ0n) is 26.8. The molecule has 42 heavy (non-hydrogen) atoms. The van der Waals surface area contributed by atoms with Gasteiger partial charge in [0.2, 0.25) is 0 Å². The highest BCUT2D eigenvalue weighted by molar-refractivity contribution is 6.30. The van der Waals surface area contributed by atoms with Crippen LogP contribution in [0.4, 0.5) is 0 Å². The Morgan fingerprint density at radius 2 is 1.45 bits per heavy atom. The summed E-state index contributed by atoms with van der Waals surface area (Å²) in [6, 6.07) is 18.1. The highest BCUT2D eigenvalue weighted by Gasteiger charge is 2.74. The molecule has 2 aromatic carbocycles. The average molecular weight is 575 g/mol. The molecule has 5 aliphatic rings. The lowest BCUT2D eigenvalue weighted by atomic mass is 9.27. The normalized spacial score (nSPS) is 32.5. The van der Waals surface area contributed by atoms with Crippen molar-refractivity contribution in [1.29, 1.82) is 0 Å². The van der Waals surface area contributed by atoms with Crippen molar-refractivity contribution in [2.24, 2.45) is 38.9 Å². The minimum Gasteiger partial charge on any atom is -0.0843 e. The maximum absolute atomic E-state index is 6.52. The molecule has 0 N–H and O–H groups in total. The van der Waals surface area contributed by atoms with Crippen LogP contribution in [0.2, 0.25) is 5.02 Å². The number of rotatable bonds is 3. The molecule has 0 aliphatic heterocycles. The van der Waals surface area contributed by atoms with Gasteiger partial charge in [-0.2, -0.15) is 0 Å². The molecule has 0 radical (unpaired) electrons. The van der Waals surface area contributed by atoms with Crippen molar-refractivity contribution >= 4 is 17.2 Å². The zero-order chi connectivity index (χ0) is 29.9. The van der Waals surface area contributed by atoms with E-state index in [9.17, 15) is 0 Å². The van der Waals surface area contributed by atoms with Crippen LogP contribution in [-0.4, -0.2) is 0 Å². The predicted octanol–water partition coefficient (Wildman–Crippen LogP) is 11.6. The highest BCUT2D eigenvalue weighted by atomic mass is 35.5. The first-order valence-corrected chi connectivity index (χ1v) is 16.5. The average Bonchev–Trinajstić information content (AvgIpc) is 3.62. The van der Waals surface area contributed by atoms with Crippen LogP contribution < -0.4 is 0 Å². The van der Waals surface area contributed by atoms with Gasteiger partial charge in [-0.05, 0) is 87.0 Å². The minimum absolute atomic E-state index is 0.00154. The second kappa shape index (κ2) is 8.98. The third-order valence-electron chi connectivity index (χ3n) is 14.3. The van der Waals surface area contributed by atoms with E-state index in [4.69, 9.17) is 11.6 Å². The monoisotopic (exact) mass is 574 g/mol. The molecule has 1 saturated carbocycles. The third-order valence-corrected chi connectivity index (χ3v) is 14.6. The van der Waals surface area contributed by atoms with E-state index in [0.29, 0.717) is 11.8 Å². The van der Waals surface area contributed by atoms with Crippen molar-refractivity contribution in [3.63, 3.8) is 0 Å². The Labute approximate surface area is 259 Å². The molecule has 1 fully saturated rings. The number of allylic oxidation sites excluding steroid dienone is 10. The van der Waals surface area contributed by atoms with E-state index in [-0.39, 0.29) is 33.0 Å². The van der Waals surface area contributed by atoms with Crippen molar-refractivity contribution in [3.8, 4) is 0 Å². The van der Waals surface area contributed by atoms with Gasteiger partial charge in [0.15, 0.2) is 0 Å². The summed E-state index contributed by atoms with van der Waals surface area (Å²) in [5, 5.41) is 0.809. The van der Waals surface area contributed by atoms with Crippen molar-refractivity contribution in [2.45, 2.75) is 80.6 Å². The predicted molar refractivity (Wildman–Crippen MR) is 179 cm³/mol. The molecule has 0 nitrogen and oxygen atoms in total. The van der Waals surface area contributed by atoms with Crippen LogP contribution in [0.5, 0.6) is 0 Å². The summed E-state index contributed by atoms with van der Waals surface area (Å²) in [4.78, 5) is 0. The molecule has 0 spiro atoms. The Morgan fingerprint density at radius 3 is 2.14 bits per heavy atom. The molecule has 0 heterocycles. The summed E-state index contributed by atoms with van der Waals surface area (Å²) in [6.45, 7) is 21.0. The molecule has 4 atom stereocenters. The molecule has 1 heteroatoms. The lowest BCUT2D eigenvalue weighted by Gasteiger charge is -2.76. The van der Waals surface area contributed by atoms with Crippen LogP contribution >= 0.6 is 11.6 Å². The number of halogens is 1. The van der Waals surface area contributed by atoms with Crippen LogP contribution in [0.15, 0.2) is 102 Å². The number of benzene rings is 2. The Kier molecular flexibility index (Phi) is 6.03. The molecule has 2 aromatic rings. The van der Waals surface area contributed by atoms with Gasteiger partial charge in [0.25, 0.3) is 0 Å². The van der Waals surface area contributed by atoms with Crippen LogP contribution in [0, 0.1) is 38.9 Å². The number of hydrogen-bond acceptors (Lipinski definition) is 0. The van der Waals surface area contributed by atoms with Gasteiger partial charge in [-0.1, -0.05) is 145 Å². The van der Waals surface area contributed by atoms with E-state index >= 15 is 0 Å². The quantitative estimate of drug-likeness (QED) is 0.342. The van der Waals surface area contributed by atoms with Gasteiger partial charge in [-0.3, -0.25) is 0 Å². The second-order valence-electron chi connectivity index (χ2n) is 15.7. The number of hydrogen-bond donors (Lipinski definition) is 0. The van der Waals surface area contributed by atoms with Crippen LogP contribution in [0.1, 0.15) is 90.8 Å². The van der Waals surface area contributed by atoms with Gasteiger partial charge in [0.05, 0.1) is 0 Å². The molecule has 0 bridgehead atoms. The Morgan fingerprint density at radius 1 is 0.786 bits per heavy atom. The van der Waals surface area contributed by atoms with E-state index in [1.165, 1.54) is 23.1 Å². The van der Waals surface area contributed by atoms with Gasteiger partial charge < -0.3 is 0 Å². The lowest BCUT2D eigenvalue weighted by Crippen LogP contribution is -2.69. The van der Waals surface area contributed by atoms with E-state index < -0.39 is 0 Å². The summed E-state index contributed by atoms with van der Waals surface area (Å²) < 4.78 is 0. The summed E-state index contributed by atoms with van der Waals surface area (Å²) in [6.07, 6.45) is 17.8. The maximum atomic E-state index is 6.52. The molecule has 218 valence electrons. The highest BCUT2D eigenvalue weighted by Crippen LogP contribution is 2.82. The fourth-order valence-corrected chi connectivity index (χ4v) is 10.9. The number of fused-ring (bicyclic) bond motifs is 6. The lowest BCUT2D eigenvalue weighted by molar-refractivity contribution is -0.201. The third kappa shape index (κ3) is 3.21. The van der Waals surface area contributed by atoms with Crippen molar-refractivity contribution < 1.29 is 0 Å². The first kappa shape index (κ1) is 28.2. The zero-order valence-corrected chi connectivity index (χ0v) is 27.6. The Bertz CT molecular complexity index is 1600. The second-order valence-corrected chi connectivity index (χ2v) is 16.1. The van der Waals surface area contributed by atoms with Crippen LogP contribution in [-0.2, 0) is 6.42 Å². The minimum atomic E-state index is -0.131. The fourth-order valence-electron chi connectivity index (χ4n) is 10.8. The summed E-state index contributed by atoms with van der Waals surface area (Å²) >= 11 is 6.52. The van der Waals surface area contributed by atoms with Gasteiger partial charge >= 0.3 is 0 Å². The molecule has 0 amide bonds. The fraction of sp³-hybridized carbons (Fsp3) is 0.463. The van der Waals surface area contributed by atoms with Crippen LogP contribution in [0.25, 0.3) is 5.57 Å². The van der Waals surface area contributed by atoms with Gasteiger partial charge in [-0.25, -0.2) is 0 Å². The molecule has 5 aliphatic carbocycles. The largest absolute Gasteiger partial charge is 0.0843 e. The van der Waals surface area contributed by atoms with E-state index in [2.05, 4.69) is 140 Å².